The Bertz CT molecular complexity index is 714. The molecular formula is C24H42IN5O3. The van der Waals surface area contributed by atoms with E-state index in [2.05, 4.69) is 50.1 Å². The lowest BCUT2D eigenvalue weighted by molar-refractivity contribution is 0.0527. The molecule has 0 aliphatic carbocycles. The van der Waals surface area contributed by atoms with Crippen LogP contribution in [-0.4, -0.2) is 62.1 Å². The predicted octanol–water partition coefficient (Wildman–Crippen LogP) is 3.48. The number of anilines is 1. The lowest BCUT2D eigenvalue weighted by Crippen LogP contribution is -2.39. The number of piperidine rings is 1. The van der Waals surface area contributed by atoms with E-state index in [0.717, 1.165) is 50.4 Å². The second-order valence-corrected chi connectivity index (χ2v) is 9.18. The molecule has 1 aromatic carbocycles. The van der Waals surface area contributed by atoms with Gasteiger partial charge in [-0.25, -0.2) is 9.79 Å². The van der Waals surface area contributed by atoms with Gasteiger partial charge in [0.05, 0.1) is 6.54 Å². The first kappa shape index (κ1) is 29.3. The lowest BCUT2D eigenvalue weighted by Gasteiger charge is -2.32. The predicted molar refractivity (Wildman–Crippen MR) is 146 cm³/mol. The molecule has 2 rings (SSSR count). The van der Waals surface area contributed by atoms with Crippen LogP contribution in [0.1, 0.15) is 52.5 Å². The minimum atomic E-state index is -0.484. The SMILES string of the molecule is CCNC(=NCc1ccc(N2CCC(CO)CC2)cc1)NCCCNC(=O)OC(C)(C)C.I. The zero-order valence-electron chi connectivity index (χ0n) is 20.5. The fourth-order valence-electron chi connectivity index (χ4n) is 3.50. The van der Waals surface area contributed by atoms with Crippen molar-refractivity contribution in [1.82, 2.24) is 16.0 Å². The Balaban J connectivity index is 0.00000544. The van der Waals surface area contributed by atoms with Crippen molar-refractivity contribution in [2.45, 2.75) is 59.1 Å². The first-order valence-corrected chi connectivity index (χ1v) is 11.7. The molecule has 1 aliphatic rings. The van der Waals surface area contributed by atoms with Crippen LogP contribution in [0.25, 0.3) is 0 Å². The molecule has 1 fully saturated rings. The highest BCUT2D eigenvalue weighted by Crippen LogP contribution is 2.23. The highest BCUT2D eigenvalue weighted by molar-refractivity contribution is 14.0. The molecule has 0 unspecified atom stereocenters. The normalized spacial score (nSPS) is 14.9. The number of hydrogen-bond acceptors (Lipinski definition) is 5. The van der Waals surface area contributed by atoms with Crippen LogP contribution in [0.4, 0.5) is 10.5 Å². The van der Waals surface area contributed by atoms with Crippen LogP contribution in [0.2, 0.25) is 0 Å². The molecule has 4 N–H and O–H groups in total. The van der Waals surface area contributed by atoms with Gasteiger partial charge >= 0.3 is 6.09 Å². The number of guanidine groups is 1. The molecule has 1 aromatic rings. The number of nitrogens with one attached hydrogen (secondary N) is 3. The molecule has 1 aliphatic heterocycles. The first-order chi connectivity index (χ1) is 15.3. The third-order valence-electron chi connectivity index (χ3n) is 5.25. The molecule has 1 saturated heterocycles. The summed E-state index contributed by atoms with van der Waals surface area (Å²) in [6.45, 7) is 12.5. The second-order valence-electron chi connectivity index (χ2n) is 9.18. The van der Waals surface area contributed by atoms with Crippen molar-refractivity contribution in [2.75, 3.05) is 44.2 Å². The minimum Gasteiger partial charge on any atom is -0.444 e. The summed E-state index contributed by atoms with van der Waals surface area (Å²) >= 11 is 0. The van der Waals surface area contributed by atoms with Crippen LogP contribution in [0.15, 0.2) is 29.3 Å². The number of aliphatic hydroxyl groups is 1. The minimum absolute atomic E-state index is 0. The zero-order valence-corrected chi connectivity index (χ0v) is 22.9. The maximum Gasteiger partial charge on any atom is 0.407 e. The number of benzene rings is 1. The quantitative estimate of drug-likeness (QED) is 0.156. The van der Waals surface area contributed by atoms with Crippen molar-refractivity contribution in [3.63, 3.8) is 0 Å². The number of nitrogens with zero attached hydrogens (tertiary/aromatic N) is 2. The molecule has 0 bridgehead atoms. The van der Waals surface area contributed by atoms with E-state index in [1.54, 1.807) is 0 Å². The van der Waals surface area contributed by atoms with Crippen LogP contribution in [-0.2, 0) is 11.3 Å². The van der Waals surface area contributed by atoms with Gasteiger partial charge in [0, 0.05) is 45.0 Å². The highest BCUT2D eigenvalue weighted by Gasteiger charge is 2.18. The van der Waals surface area contributed by atoms with Crippen molar-refractivity contribution in [2.24, 2.45) is 10.9 Å². The van der Waals surface area contributed by atoms with Crippen molar-refractivity contribution >= 4 is 41.7 Å². The Labute approximate surface area is 216 Å². The van der Waals surface area contributed by atoms with Crippen molar-refractivity contribution < 1.29 is 14.6 Å². The highest BCUT2D eigenvalue weighted by atomic mass is 127. The van der Waals surface area contributed by atoms with E-state index in [4.69, 9.17) is 4.74 Å². The molecule has 0 saturated carbocycles. The average molecular weight is 576 g/mol. The molecule has 0 aromatic heterocycles. The average Bonchev–Trinajstić information content (AvgIpc) is 2.76. The molecule has 9 heteroatoms. The number of aliphatic hydroxyl groups excluding tert-OH is 1. The van der Waals surface area contributed by atoms with E-state index in [1.165, 1.54) is 5.69 Å². The second kappa shape index (κ2) is 15.2. The van der Waals surface area contributed by atoms with Gasteiger partial charge < -0.3 is 30.7 Å². The van der Waals surface area contributed by atoms with E-state index >= 15 is 0 Å². The van der Waals surface area contributed by atoms with Crippen LogP contribution in [0.3, 0.4) is 0 Å². The number of carbonyl (C=O) groups excluding carboxylic acids is 1. The number of ether oxygens (including phenoxy) is 1. The van der Waals surface area contributed by atoms with E-state index in [-0.39, 0.29) is 30.1 Å². The summed E-state index contributed by atoms with van der Waals surface area (Å²) in [5.41, 5.74) is 1.90. The number of halogens is 1. The van der Waals surface area contributed by atoms with Crippen LogP contribution >= 0.6 is 24.0 Å². The summed E-state index contributed by atoms with van der Waals surface area (Å²) in [5.74, 6) is 1.21. The molecule has 188 valence electrons. The van der Waals surface area contributed by atoms with Gasteiger partial charge in [-0.05, 0) is 70.6 Å². The number of hydrogen-bond donors (Lipinski definition) is 4. The monoisotopic (exact) mass is 575 g/mol. The molecule has 33 heavy (non-hydrogen) atoms. The molecule has 0 atom stereocenters. The maximum absolute atomic E-state index is 11.7. The fourth-order valence-corrected chi connectivity index (χ4v) is 3.50. The van der Waals surface area contributed by atoms with Gasteiger partial charge in [0.1, 0.15) is 5.60 Å². The fraction of sp³-hybridized carbons (Fsp3) is 0.667. The number of aliphatic imine (C=N–C) groups is 1. The summed E-state index contributed by atoms with van der Waals surface area (Å²) in [6, 6.07) is 8.58. The Hall–Kier alpha value is -1.75. The van der Waals surface area contributed by atoms with Gasteiger partial charge in [0.15, 0.2) is 5.96 Å². The third-order valence-corrected chi connectivity index (χ3v) is 5.25. The number of rotatable bonds is 9. The lowest BCUT2D eigenvalue weighted by atomic mass is 9.97. The number of carbonyl (C=O) groups is 1. The Morgan fingerprint density at radius 3 is 2.33 bits per heavy atom. The molecule has 1 heterocycles. The standard InChI is InChI=1S/C24H41N5O3.HI/c1-5-25-22(26-13-6-14-27-23(31)32-24(2,3)4)28-17-19-7-9-21(10-8-19)29-15-11-20(18-30)12-16-29;/h7-10,20,30H,5-6,11-18H2,1-4H3,(H,27,31)(H2,25,26,28);1H. The summed E-state index contributed by atoms with van der Waals surface area (Å²) in [6.07, 6.45) is 2.48. The summed E-state index contributed by atoms with van der Waals surface area (Å²) in [7, 11) is 0. The van der Waals surface area contributed by atoms with E-state index < -0.39 is 5.60 Å². The van der Waals surface area contributed by atoms with Crippen molar-refractivity contribution in [3.05, 3.63) is 29.8 Å². The zero-order chi connectivity index (χ0) is 23.4. The van der Waals surface area contributed by atoms with Crippen LogP contribution in [0.5, 0.6) is 0 Å². The molecule has 8 nitrogen and oxygen atoms in total. The summed E-state index contributed by atoms with van der Waals surface area (Å²) in [4.78, 5) is 18.7. The van der Waals surface area contributed by atoms with E-state index in [9.17, 15) is 9.90 Å². The van der Waals surface area contributed by atoms with Gasteiger partial charge in [0.25, 0.3) is 0 Å². The largest absolute Gasteiger partial charge is 0.444 e. The van der Waals surface area contributed by atoms with Gasteiger partial charge in [-0.2, -0.15) is 0 Å². The van der Waals surface area contributed by atoms with Crippen LogP contribution < -0.4 is 20.9 Å². The summed E-state index contributed by atoms with van der Waals surface area (Å²) in [5, 5.41) is 18.6. The Morgan fingerprint density at radius 1 is 1.12 bits per heavy atom. The Kier molecular flexibility index (Phi) is 13.5. The smallest absolute Gasteiger partial charge is 0.407 e. The maximum atomic E-state index is 11.7. The first-order valence-electron chi connectivity index (χ1n) is 11.7. The van der Waals surface area contributed by atoms with E-state index in [1.807, 2.05) is 27.7 Å². The van der Waals surface area contributed by atoms with Crippen molar-refractivity contribution in [1.29, 1.82) is 0 Å². The van der Waals surface area contributed by atoms with Gasteiger partial charge in [-0.15, -0.1) is 24.0 Å². The Morgan fingerprint density at radius 2 is 1.76 bits per heavy atom. The molecule has 0 spiro atoms. The van der Waals surface area contributed by atoms with E-state index in [0.29, 0.717) is 32.2 Å². The van der Waals surface area contributed by atoms with Crippen LogP contribution in [0, 0.1) is 5.92 Å². The van der Waals surface area contributed by atoms with Gasteiger partial charge in [-0.1, -0.05) is 12.1 Å². The topological polar surface area (TPSA) is 98.2 Å². The number of alkyl carbamates (subject to hydrolysis) is 1. The molecule has 0 radical (unpaired) electrons. The van der Waals surface area contributed by atoms with Gasteiger partial charge in [-0.3, -0.25) is 0 Å². The summed E-state index contributed by atoms with van der Waals surface area (Å²) < 4.78 is 5.23. The third kappa shape index (κ3) is 11.8. The van der Waals surface area contributed by atoms with Gasteiger partial charge in [0.2, 0.25) is 0 Å². The number of amides is 1. The molecule has 1 amide bonds. The molecular weight excluding hydrogens is 533 g/mol. The van der Waals surface area contributed by atoms with Crippen molar-refractivity contribution in [3.8, 4) is 0 Å².